The van der Waals surface area contributed by atoms with Crippen LogP contribution in [-0.4, -0.2) is 48.6 Å². The average molecular weight is 432 g/mol. The van der Waals surface area contributed by atoms with Gasteiger partial charge in [-0.05, 0) is 54.1 Å². The monoisotopic (exact) mass is 431 g/mol. The molecule has 1 amide bonds. The number of unbranched alkanes of at least 4 members (excludes halogenated alkanes) is 2. The molecule has 1 saturated heterocycles. The molecule has 3 aromatic rings. The van der Waals surface area contributed by atoms with Gasteiger partial charge in [-0.3, -0.25) is 14.5 Å². The number of ether oxygens (including phenoxy) is 1. The van der Waals surface area contributed by atoms with Gasteiger partial charge in [-0.25, -0.2) is 0 Å². The largest absolute Gasteiger partial charge is 0.379 e. The van der Waals surface area contributed by atoms with E-state index in [4.69, 9.17) is 4.74 Å². The lowest BCUT2D eigenvalue weighted by atomic mass is 10.0. The summed E-state index contributed by atoms with van der Waals surface area (Å²) >= 11 is 0. The Balaban J connectivity index is 1.20. The lowest BCUT2D eigenvalue weighted by Crippen LogP contribution is -2.36. The van der Waals surface area contributed by atoms with Gasteiger partial charge in [0.2, 0.25) is 5.91 Å². The maximum Gasteiger partial charge on any atom is 0.256 e. The van der Waals surface area contributed by atoms with Gasteiger partial charge < -0.3 is 15.0 Å². The lowest BCUT2D eigenvalue weighted by molar-refractivity contribution is -0.116. The lowest BCUT2D eigenvalue weighted by Gasteiger charge is -2.26. The van der Waals surface area contributed by atoms with Crippen LogP contribution in [0.1, 0.15) is 36.8 Å². The minimum atomic E-state index is -0.0706. The number of amides is 1. The van der Waals surface area contributed by atoms with Crippen molar-refractivity contribution >= 4 is 22.4 Å². The third kappa shape index (κ3) is 4.33. The predicted molar refractivity (Wildman–Crippen MR) is 127 cm³/mol. The Bertz CT molecular complexity index is 1190. The Morgan fingerprint density at radius 3 is 2.69 bits per heavy atom. The number of carbonyl (C=O) groups is 1. The van der Waals surface area contributed by atoms with Crippen LogP contribution < -0.4 is 10.9 Å². The fraction of sp³-hybridized carbons (Fsp3) is 0.385. The minimum Gasteiger partial charge on any atom is -0.379 e. The molecular weight excluding hydrogens is 402 g/mol. The van der Waals surface area contributed by atoms with Crippen molar-refractivity contribution in [2.45, 2.75) is 32.1 Å². The smallest absolute Gasteiger partial charge is 0.256 e. The van der Waals surface area contributed by atoms with Crippen LogP contribution in [0.3, 0.4) is 0 Å². The topological polar surface area (TPSA) is 74.4 Å². The van der Waals surface area contributed by atoms with Gasteiger partial charge >= 0.3 is 0 Å². The molecule has 2 heterocycles. The number of fused-ring (bicyclic) bond motifs is 5. The predicted octanol–water partition coefficient (Wildman–Crippen LogP) is 3.93. The number of nitrogens with one attached hydrogen (secondary N) is 2. The summed E-state index contributed by atoms with van der Waals surface area (Å²) in [6, 6.07) is 13.7. The molecule has 0 unspecified atom stereocenters. The van der Waals surface area contributed by atoms with E-state index in [0.717, 1.165) is 91.8 Å². The molecule has 0 bridgehead atoms. The average Bonchev–Trinajstić information content (AvgIpc) is 3.18. The number of hydrogen-bond donors (Lipinski definition) is 2. The van der Waals surface area contributed by atoms with Gasteiger partial charge in [-0.15, -0.1) is 0 Å². The second-order valence-corrected chi connectivity index (χ2v) is 8.71. The maximum atomic E-state index is 12.5. The molecule has 6 heteroatoms. The second-order valence-electron chi connectivity index (χ2n) is 8.71. The first-order valence-electron chi connectivity index (χ1n) is 11.6. The summed E-state index contributed by atoms with van der Waals surface area (Å²) in [6.07, 6.45) is 4.38. The molecule has 1 aliphatic carbocycles. The SMILES string of the molecule is O=C(CCCCCN1CCOCC1)Nc1ccc2c(c1)-c1[nH]c(=O)c3ccccc3c1C2. The number of benzene rings is 2. The van der Waals surface area contributed by atoms with Crippen molar-refractivity contribution in [2.24, 2.45) is 0 Å². The molecule has 0 atom stereocenters. The summed E-state index contributed by atoms with van der Waals surface area (Å²) in [7, 11) is 0. The number of H-pyrrole nitrogens is 1. The minimum absolute atomic E-state index is 0.0431. The van der Waals surface area contributed by atoms with Crippen LogP contribution >= 0.6 is 0 Å². The molecule has 0 saturated carbocycles. The fourth-order valence-electron chi connectivity index (χ4n) is 4.83. The summed E-state index contributed by atoms with van der Waals surface area (Å²) in [5, 5.41) is 4.76. The Morgan fingerprint density at radius 2 is 1.84 bits per heavy atom. The van der Waals surface area contributed by atoms with Gasteiger partial charge in [0.25, 0.3) is 5.56 Å². The van der Waals surface area contributed by atoms with E-state index in [-0.39, 0.29) is 11.5 Å². The van der Waals surface area contributed by atoms with Crippen molar-refractivity contribution in [1.29, 1.82) is 0 Å². The van der Waals surface area contributed by atoms with Crippen LogP contribution in [0.2, 0.25) is 0 Å². The number of aromatic nitrogens is 1. The highest BCUT2D eigenvalue weighted by molar-refractivity contribution is 5.95. The number of anilines is 1. The Labute approximate surface area is 187 Å². The Kier molecular flexibility index (Phi) is 6.06. The molecule has 5 rings (SSSR count). The van der Waals surface area contributed by atoms with E-state index in [9.17, 15) is 9.59 Å². The van der Waals surface area contributed by atoms with E-state index in [0.29, 0.717) is 6.42 Å². The van der Waals surface area contributed by atoms with Gasteiger partial charge in [0.05, 0.1) is 18.9 Å². The van der Waals surface area contributed by atoms with Crippen molar-refractivity contribution in [1.82, 2.24) is 9.88 Å². The molecule has 2 aliphatic rings. The van der Waals surface area contributed by atoms with Gasteiger partial charge in [0.1, 0.15) is 0 Å². The second kappa shape index (κ2) is 9.27. The van der Waals surface area contributed by atoms with Crippen LogP contribution in [0.4, 0.5) is 5.69 Å². The summed E-state index contributed by atoms with van der Waals surface area (Å²) in [5.41, 5.74) is 4.92. The van der Waals surface area contributed by atoms with E-state index in [1.165, 1.54) is 5.56 Å². The quantitative estimate of drug-likeness (QED) is 0.435. The first kappa shape index (κ1) is 20.9. The zero-order chi connectivity index (χ0) is 21.9. The van der Waals surface area contributed by atoms with E-state index in [2.05, 4.69) is 21.3 Å². The summed E-state index contributed by atoms with van der Waals surface area (Å²) in [5.74, 6) is 0.0431. The molecule has 6 nitrogen and oxygen atoms in total. The highest BCUT2D eigenvalue weighted by atomic mass is 16.5. The summed E-state index contributed by atoms with van der Waals surface area (Å²) in [6.45, 7) is 4.78. The first-order valence-corrected chi connectivity index (χ1v) is 11.6. The van der Waals surface area contributed by atoms with Crippen LogP contribution in [0.25, 0.3) is 22.0 Å². The van der Waals surface area contributed by atoms with Gasteiger partial charge in [-0.2, -0.15) is 0 Å². The van der Waals surface area contributed by atoms with Crippen molar-refractivity contribution < 1.29 is 9.53 Å². The fourth-order valence-corrected chi connectivity index (χ4v) is 4.83. The van der Waals surface area contributed by atoms with E-state index in [1.807, 2.05) is 36.4 Å². The normalized spacial score (nSPS) is 15.5. The number of carbonyl (C=O) groups excluding carboxylic acids is 1. The molecule has 2 N–H and O–H groups in total. The number of nitrogens with zero attached hydrogens (tertiary/aromatic N) is 1. The highest BCUT2D eigenvalue weighted by Crippen LogP contribution is 2.39. The van der Waals surface area contributed by atoms with Gasteiger partial charge in [0.15, 0.2) is 0 Å². The molecule has 1 fully saturated rings. The number of pyridine rings is 1. The summed E-state index contributed by atoms with van der Waals surface area (Å²) < 4.78 is 5.38. The zero-order valence-electron chi connectivity index (χ0n) is 18.3. The molecule has 1 aromatic heterocycles. The van der Waals surface area contributed by atoms with E-state index < -0.39 is 0 Å². The van der Waals surface area contributed by atoms with Gasteiger partial charge in [0, 0.05) is 42.6 Å². The molecular formula is C26H29N3O3. The Morgan fingerprint density at radius 1 is 1.03 bits per heavy atom. The standard InChI is InChI=1S/C26H29N3O3/c30-24(8-2-1-5-11-29-12-14-32-15-13-29)27-19-10-9-18-16-23-20-6-3-4-7-21(20)26(31)28-25(23)22(18)17-19/h3-4,6-7,9-10,17H,1-2,5,8,11-16H2,(H,27,30)(H,28,31). The van der Waals surface area contributed by atoms with E-state index in [1.54, 1.807) is 0 Å². The Hall–Kier alpha value is -2.96. The third-order valence-electron chi connectivity index (χ3n) is 6.55. The van der Waals surface area contributed by atoms with Crippen LogP contribution in [0.5, 0.6) is 0 Å². The van der Waals surface area contributed by atoms with Gasteiger partial charge in [-0.1, -0.05) is 30.7 Å². The zero-order valence-corrected chi connectivity index (χ0v) is 18.3. The molecule has 0 radical (unpaired) electrons. The number of rotatable bonds is 7. The molecule has 32 heavy (non-hydrogen) atoms. The van der Waals surface area contributed by atoms with Crippen molar-refractivity contribution in [3.63, 3.8) is 0 Å². The number of aromatic amines is 1. The van der Waals surface area contributed by atoms with Crippen molar-refractivity contribution in [2.75, 3.05) is 38.2 Å². The number of morpholine rings is 1. The van der Waals surface area contributed by atoms with E-state index >= 15 is 0 Å². The molecule has 166 valence electrons. The molecule has 1 aliphatic heterocycles. The molecule has 0 spiro atoms. The van der Waals surface area contributed by atoms with Crippen molar-refractivity contribution in [3.05, 3.63) is 63.9 Å². The van der Waals surface area contributed by atoms with Crippen molar-refractivity contribution in [3.8, 4) is 11.3 Å². The van der Waals surface area contributed by atoms with Crippen LogP contribution in [0.15, 0.2) is 47.3 Å². The highest BCUT2D eigenvalue weighted by Gasteiger charge is 2.23. The third-order valence-corrected chi connectivity index (χ3v) is 6.55. The first-order chi connectivity index (χ1) is 15.7. The summed E-state index contributed by atoms with van der Waals surface area (Å²) in [4.78, 5) is 30.5. The van der Waals surface area contributed by atoms with Crippen LogP contribution in [-0.2, 0) is 16.0 Å². The maximum absolute atomic E-state index is 12.5. The number of hydrogen-bond acceptors (Lipinski definition) is 4. The van der Waals surface area contributed by atoms with Crippen LogP contribution in [0, 0.1) is 0 Å². The molecule has 2 aromatic carbocycles.